The zero-order valence-electron chi connectivity index (χ0n) is 8.78. The van der Waals surface area contributed by atoms with Crippen molar-refractivity contribution in [1.29, 1.82) is 0 Å². The first-order valence-corrected chi connectivity index (χ1v) is 5.58. The predicted octanol–water partition coefficient (Wildman–Crippen LogP) is 2.07. The molecule has 82 valence electrons. The van der Waals surface area contributed by atoms with Gasteiger partial charge >= 0.3 is 0 Å². The van der Waals surface area contributed by atoms with Gasteiger partial charge in [0.2, 0.25) is 0 Å². The highest BCUT2D eigenvalue weighted by molar-refractivity contribution is 6.33. The van der Waals surface area contributed by atoms with E-state index in [1.54, 1.807) is 12.3 Å². The number of halogens is 1. The van der Waals surface area contributed by atoms with Crippen molar-refractivity contribution in [3.63, 3.8) is 0 Å². The van der Waals surface area contributed by atoms with Gasteiger partial charge in [0, 0.05) is 19.3 Å². The molecule has 2 rings (SSSR count). The third-order valence-corrected chi connectivity index (χ3v) is 3.06. The maximum atomic E-state index is 8.95. The average molecular weight is 227 g/mol. The summed E-state index contributed by atoms with van der Waals surface area (Å²) in [6.45, 7) is 4.26. The number of anilines is 1. The maximum absolute atomic E-state index is 8.95. The highest BCUT2D eigenvalue weighted by atomic mass is 35.5. The van der Waals surface area contributed by atoms with Crippen molar-refractivity contribution in [2.45, 2.75) is 20.0 Å². The van der Waals surface area contributed by atoms with E-state index in [9.17, 15) is 0 Å². The van der Waals surface area contributed by atoms with Crippen LogP contribution in [0.15, 0.2) is 12.3 Å². The third kappa shape index (κ3) is 2.24. The largest absolute Gasteiger partial charge is 0.392 e. The molecule has 15 heavy (non-hydrogen) atoms. The molecule has 0 aromatic carbocycles. The zero-order chi connectivity index (χ0) is 10.8. The first-order valence-electron chi connectivity index (χ1n) is 5.21. The van der Waals surface area contributed by atoms with Crippen LogP contribution in [0, 0.1) is 5.92 Å². The SMILES string of the molecule is CC1CCN(c2ncc(CO)cc2Cl)C1. The lowest BCUT2D eigenvalue weighted by Gasteiger charge is -2.18. The number of rotatable bonds is 2. The van der Waals surface area contributed by atoms with Crippen LogP contribution < -0.4 is 4.90 Å². The molecule has 0 amide bonds. The second kappa shape index (κ2) is 4.37. The van der Waals surface area contributed by atoms with Crippen molar-refractivity contribution in [2.24, 2.45) is 5.92 Å². The van der Waals surface area contributed by atoms with Crippen molar-refractivity contribution in [2.75, 3.05) is 18.0 Å². The molecular formula is C11H15ClN2O. The minimum absolute atomic E-state index is 0.0105. The number of hydrogen-bond donors (Lipinski definition) is 1. The number of pyridine rings is 1. The van der Waals surface area contributed by atoms with Gasteiger partial charge in [-0.3, -0.25) is 0 Å². The Morgan fingerprint density at radius 2 is 2.47 bits per heavy atom. The van der Waals surface area contributed by atoms with Gasteiger partial charge in [0.05, 0.1) is 11.6 Å². The fourth-order valence-electron chi connectivity index (χ4n) is 1.92. The van der Waals surface area contributed by atoms with Gasteiger partial charge in [0.25, 0.3) is 0 Å². The smallest absolute Gasteiger partial charge is 0.147 e. The molecule has 2 heterocycles. The Morgan fingerprint density at radius 3 is 3.00 bits per heavy atom. The van der Waals surface area contributed by atoms with E-state index in [1.807, 2.05) is 0 Å². The number of nitrogens with zero attached hydrogens (tertiary/aromatic N) is 2. The quantitative estimate of drug-likeness (QED) is 0.839. The van der Waals surface area contributed by atoms with E-state index in [0.717, 1.165) is 24.5 Å². The van der Waals surface area contributed by atoms with Gasteiger partial charge in [-0.05, 0) is 24.0 Å². The lowest BCUT2D eigenvalue weighted by atomic mass is 10.2. The minimum atomic E-state index is -0.0105. The molecule has 1 atom stereocenters. The Morgan fingerprint density at radius 1 is 1.67 bits per heavy atom. The standard InChI is InChI=1S/C11H15ClN2O/c1-8-2-3-14(6-8)11-10(12)4-9(7-15)5-13-11/h4-5,8,15H,2-3,6-7H2,1H3. The molecule has 1 fully saturated rings. The van der Waals surface area contributed by atoms with E-state index in [-0.39, 0.29) is 6.61 Å². The maximum Gasteiger partial charge on any atom is 0.147 e. The molecule has 0 aliphatic carbocycles. The van der Waals surface area contributed by atoms with Crippen LogP contribution in [0.25, 0.3) is 0 Å². The van der Waals surface area contributed by atoms with Crippen molar-refractivity contribution in [3.05, 3.63) is 22.8 Å². The van der Waals surface area contributed by atoms with E-state index in [1.165, 1.54) is 6.42 Å². The molecule has 0 bridgehead atoms. The van der Waals surface area contributed by atoms with Gasteiger partial charge in [-0.2, -0.15) is 0 Å². The topological polar surface area (TPSA) is 36.4 Å². The summed E-state index contributed by atoms with van der Waals surface area (Å²) in [5.41, 5.74) is 0.760. The van der Waals surface area contributed by atoms with Crippen molar-refractivity contribution in [3.8, 4) is 0 Å². The van der Waals surface area contributed by atoms with Crippen LogP contribution in [0.2, 0.25) is 5.02 Å². The molecule has 1 aromatic heterocycles. The predicted molar refractivity (Wildman–Crippen MR) is 61.2 cm³/mol. The highest BCUT2D eigenvalue weighted by Crippen LogP contribution is 2.28. The van der Waals surface area contributed by atoms with Crippen LogP contribution in [0.5, 0.6) is 0 Å². The van der Waals surface area contributed by atoms with E-state index < -0.39 is 0 Å². The molecule has 0 spiro atoms. The Balaban J connectivity index is 2.21. The minimum Gasteiger partial charge on any atom is -0.392 e. The second-order valence-corrected chi connectivity index (χ2v) is 4.55. The lowest BCUT2D eigenvalue weighted by Crippen LogP contribution is -2.20. The number of aromatic nitrogens is 1. The van der Waals surface area contributed by atoms with Crippen molar-refractivity contribution < 1.29 is 5.11 Å². The number of aliphatic hydroxyl groups excluding tert-OH is 1. The Hall–Kier alpha value is -0.800. The zero-order valence-corrected chi connectivity index (χ0v) is 9.54. The van der Waals surface area contributed by atoms with Gasteiger partial charge in [0.1, 0.15) is 5.82 Å². The molecule has 1 saturated heterocycles. The summed E-state index contributed by atoms with van der Waals surface area (Å²) >= 11 is 6.12. The van der Waals surface area contributed by atoms with Crippen LogP contribution in [0.3, 0.4) is 0 Å². The highest BCUT2D eigenvalue weighted by Gasteiger charge is 2.21. The van der Waals surface area contributed by atoms with E-state index >= 15 is 0 Å². The van der Waals surface area contributed by atoms with Crippen molar-refractivity contribution in [1.82, 2.24) is 4.98 Å². The summed E-state index contributed by atoms with van der Waals surface area (Å²) in [4.78, 5) is 6.50. The van der Waals surface area contributed by atoms with Gasteiger partial charge in [0.15, 0.2) is 0 Å². The van der Waals surface area contributed by atoms with E-state index in [2.05, 4.69) is 16.8 Å². The number of hydrogen-bond acceptors (Lipinski definition) is 3. The van der Waals surface area contributed by atoms with E-state index in [4.69, 9.17) is 16.7 Å². The Bertz CT molecular complexity index is 356. The summed E-state index contributed by atoms with van der Waals surface area (Å²) in [5, 5.41) is 9.58. The summed E-state index contributed by atoms with van der Waals surface area (Å²) in [6, 6.07) is 1.78. The first kappa shape index (κ1) is 10.7. The summed E-state index contributed by atoms with van der Waals surface area (Å²) in [5.74, 6) is 1.55. The molecule has 1 N–H and O–H groups in total. The molecular weight excluding hydrogens is 212 g/mol. The van der Waals surface area contributed by atoms with Crippen molar-refractivity contribution >= 4 is 17.4 Å². The van der Waals surface area contributed by atoms with Crippen LogP contribution in [-0.4, -0.2) is 23.2 Å². The summed E-state index contributed by atoms with van der Waals surface area (Å²) < 4.78 is 0. The van der Waals surface area contributed by atoms with Gasteiger partial charge < -0.3 is 10.0 Å². The molecule has 3 nitrogen and oxygen atoms in total. The summed E-state index contributed by atoms with van der Waals surface area (Å²) in [6.07, 6.45) is 2.88. The molecule has 1 aliphatic rings. The third-order valence-electron chi connectivity index (χ3n) is 2.78. The molecule has 0 saturated carbocycles. The number of aliphatic hydroxyl groups is 1. The van der Waals surface area contributed by atoms with Crippen LogP contribution in [-0.2, 0) is 6.61 Å². The van der Waals surface area contributed by atoms with Crippen LogP contribution >= 0.6 is 11.6 Å². The van der Waals surface area contributed by atoms with Gasteiger partial charge in [-0.25, -0.2) is 4.98 Å². The van der Waals surface area contributed by atoms with Gasteiger partial charge in [-0.1, -0.05) is 18.5 Å². The first-order chi connectivity index (χ1) is 7.20. The molecule has 1 aliphatic heterocycles. The average Bonchev–Trinajstić information content (AvgIpc) is 2.64. The summed E-state index contributed by atoms with van der Waals surface area (Å²) in [7, 11) is 0. The molecule has 4 heteroatoms. The Labute approximate surface area is 94.7 Å². The molecule has 0 radical (unpaired) electrons. The monoisotopic (exact) mass is 226 g/mol. The Kier molecular flexibility index (Phi) is 3.12. The molecule has 1 unspecified atom stereocenters. The van der Waals surface area contributed by atoms with E-state index in [0.29, 0.717) is 10.9 Å². The molecule has 1 aromatic rings. The lowest BCUT2D eigenvalue weighted by molar-refractivity contribution is 0.281. The second-order valence-electron chi connectivity index (χ2n) is 4.15. The fraction of sp³-hybridized carbons (Fsp3) is 0.545. The van der Waals surface area contributed by atoms with Crippen LogP contribution in [0.1, 0.15) is 18.9 Å². The van der Waals surface area contributed by atoms with Gasteiger partial charge in [-0.15, -0.1) is 0 Å². The normalized spacial score (nSPS) is 21.0. The van der Waals surface area contributed by atoms with Crippen LogP contribution in [0.4, 0.5) is 5.82 Å². The fourth-order valence-corrected chi connectivity index (χ4v) is 2.23.